The maximum atomic E-state index is 6.33. The Balaban J connectivity index is 1.94. The Hall–Kier alpha value is -1.06. The molecule has 0 aliphatic carbocycles. The molecule has 2 N–H and O–H groups in total. The van der Waals surface area contributed by atoms with Crippen molar-refractivity contribution >= 4 is 5.69 Å². The van der Waals surface area contributed by atoms with Gasteiger partial charge in [-0.05, 0) is 64.3 Å². The molecule has 2 fully saturated rings. The average Bonchev–Trinajstić information content (AvgIpc) is 2.71. The fraction of sp³-hybridized carbons (Fsp3) is 0.667. The van der Waals surface area contributed by atoms with E-state index in [4.69, 9.17) is 5.73 Å². The van der Waals surface area contributed by atoms with Crippen molar-refractivity contribution in [3.8, 4) is 0 Å². The highest BCUT2D eigenvalue weighted by atomic mass is 15.3. The average molecular weight is 287 g/mol. The number of likely N-dealkylation sites (N-methyl/N-ethyl adjacent to an activating group) is 1. The van der Waals surface area contributed by atoms with Crippen LogP contribution in [0.4, 0.5) is 5.69 Å². The Morgan fingerprint density at radius 1 is 1.29 bits per heavy atom. The van der Waals surface area contributed by atoms with Crippen LogP contribution in [0.25, 0.3) is 0 Å². The maximum absolute atomic E-state index is 6.33. The van der Waals surface area contributed by atoms with Crippen LogP contribution in [0, 0.1) is 6.92 Å². The summed E-state index contributed by atoms with van der Waals surface area (Å²) >= 11 is 0. The third-order valence-electron chi connectivity index (χ3n) is 5.80. The minimum atomic E-state index is 0.140. The van der Waals surface area contributed by atoms with E-state index in [0.717, 1.165) is 13.1 Å². The van der Waals surface area contributed by atoms with Gasteiger partial charge >= 0.3 is 0 Å². The first-order valence-corrected chi connectivity index (χ1v) is 8.36. The van der Waals surface area contributed by atoms with Crippen LogP contribution in [0.15, 0.2) is 24.3 Å². The van der Waals surface area contributed by atoms with E-state index in [1.807, 2.05) is 0 Å². The fourth-order valence-electron chi connectivity index (χ4n) is 4.63. The van der Waals surface area contributed by atoms with E-state index in [1.54, 1.807) is 0 Å². The Labute approximate surface area is 129 Å². The third-order valence-corrected chi connectivity index (χ3v) is 5.80. The second kappa shape index (κ2) is 5.62. The molecule has 116 valence electrons. The molecule has 1 aromatic rings. The van der Waals surface area contributed by atoms with Crippen molar-refractivity contribution in [1.82, 2.24) is 4.90 Å². The monoisotopic (exact) mass is 287 g/mol. The van der Waals surface area contributed by atoms with Crippen molar-refractivity contribution < 1.29 is 0 Å². The smallest absolute Gasteiger partial charge is 0.0553 e. The van der Waals surface area contributed by atoms with Crippen molar-refractivity contribution in [2.45, 2.75) is 57.2 Å². The van der Waals surface area contributed by atoms with E-state index < -0.39 is 0 Å². The van der Waals surface area contributed by atoms with Crippen molar-refractivity contribution in [2.24, 2.45) is 5.73 Å². The molecule has 3 rings (SSSR count). The number of aryl methyl sites for hydroxylation is 1. The van der Waals surface area contributed by atoms with E-state index in [2.05, 4.69) is 55.0 Å². The third kappa shape index (κ3) is 2.47. The summed E-state index contributed by atoms with van der Waals surface area (Å²) in [6, 6.07) is 10.3. The number of fused-ring (bicyclic) bond motifs is 2. The van der Waals surface area contributed by atoms with Crippen LogP contribution in [0.2, 0.25) is 0 Å². The summed E-state index contributed by atoms with van der Waals surface area (Å²) in [5, 5.41) is 0. The molecule has 2 heterocycles. The van der Waals surface area contributed by atoms with Gasteiger partial charge in [0.05, 0.1) is 5.54 Å². The standard InChI is InChI=1S/C18H29N3/c1-4-21(15-7-5-6-14(2)10-15)18(13-19)11-16-8-9-17(12-18)20(16)3/h5-7,10,16-17H,4,8-9,11-13,19H2,1-3H3. The van der Waals surface area contributed by atoms with Crippen LogP contribution in [-0.2, 0) is 0 Å². The summed E-state index contributed by atoms with van der Waals surface area (Å²) in [5.41, 5.74) is 9.13. The van der Waals surface area contributed by atoms with Crippen LogP contribution in [0.1, 0.15) is 38.2 Å². The minimum absolute atomic E-state index is 0.140. The summed E-state index contributed by atoms with van der Waals surface area (Å²) in [6.45, 7) is 6.23. The molecule has 2 unspecified atom stereocenters. The van der Waals surface area contributed by atoms with Crippen LogP contribution >= 0.6 is 0 Å². The SMILES string of the molecule is CCN(c1cccc(C)c1)C1(CN)CC2CCC(C1)N2C. The molecule has 0 amide bonds. The van der Waals surface area contributed by atoms with Gasteiger partial charge in [0.25, 0.3) is 0 Å². The predicted molar refractivity (Wildman–Crippen MR) is 89.8 cm³/mol. The lowest BCUT2D eigenvalue weighted by molar-refractivity contribution is 0.112. The Morgan fingerprint density at radius 3 is 2.48 bits per heavy atom. The van der Waals surface area contributed by atoms with Crippen LogP contribution in [-0.4, -0.2) is 42.7 Å². The Bertz CT molecular complexity index is 485. The summed E-state index contributed by atoms with van der Waals surface area (Å²) in [6.07, 6.45) is 5.10. The molecule has 1 aromatic carbocycles. The topological polar surface area (TPSA) is 32.5 Å². The number of hydrogen-bond acceptors (Lipinski definition) is 3. The fourth-order valence-corrected chi connectivity index (χ4v) is 4.63. The first kappa shape index (κ1) is 14.9. The lowest BCUT2D eigenvalue weighted by Gasteiger charge is -2.52. The van der Waals surface area contributed by atoms with Gasteiger partial charge in [-0.25, -0.2) is 0 Å². The normalized spacial score (nSPS) is 32.4. The van der Waals surface area contributed by atoms with Crippen molar-refractivity contribution in [3.05, 3.63) is 29.8 Å². The van der Waals surface area contributed by atoms with E-state index in [1.165, 1.54) is 36.9 Å². The summed E-state index contributed by atoms with van der Waals surface area (Å²) in [7, 11) is 2.30. The highest BCUT2D eigenvalue weighted by Gasteiger charge is 2.48. The molecular weight excluding hydrogens is 258 g/mol. The highest BCUT2D eigenvalue weighted by Crippen LogP contribution is 2.43. The molecular formula is C18H29N3. The number of nitrogens with zero attached hydrogens (tertiary/aromatic N) is 2. The molecule has 2 aliphatic rings. The van der Waals surface area contributed by atoms with Crippen molar-refractivity contribution in [3.63, 3.8) is 0 Å². The quantitative estimate of drug-likeness (QED) is 0.924. The van der Waals surface area contributed by atoms with E-state index in [-0.39, 0.29) is 5.54 Å². The van der Waals surface area contributed by atoms with Gasteiger partial charge < -0.3 is 15.5 Å². The molecule has 2 aliphatic heterocycles. The molecule has 0 spiro atoms. The zero-order chi connectivity index (χ0) is 15.0. The van der Waals surface area contributed by atoms with Gasteiger partial charge in [-0.3, -0.25) is 0 Å². The summed E-state index contributed by atoms with van der Waals surface area (Å²) in [4.78, 5) is 5.18. The van der Waals surface area contributed by atoms with Gasteiger partial charge in [-0.2, -0.15) is 0 Å². The maximum Gasteiger partial charge on any atom is 0.0553 e. The molecule has 0 aromatic heterocycles. The van der Waals surface area contributed by atoms with Crippen LogP contribution in [0.3, 0.4) is 0 Å². The highest BCUT2D eigenvalue weighted by molar-refractivity contribution is 5.51. The number of rotatable bonds is 4. The minimum Gasteiger partial charge on any atom is -0.365 e. The summed E-state index contributed by atoms with van der Waals surface area (Å²) in [5.74, 6) is 0. The molecule has 2 bridgehead atoms. The second-order valence-electron chi connectivity index (χ2n) is 6.97. The van der Waals surface area contributed by atoms with E-state index in [0.29, 0.717) is 12.1 Å². The van der Waals surface area contributed by atoms with Gasteiger partial charge in [-0.1, -0.05) is 12.1 Å². The lowest BCUT2D eigenvalue weighted by Crippen LogP contribution is -2.62. The second-order valence-corrected chi connectivity index (χ2v) is 6.97. The van der Waals surface area contributed by atoms with Crippen LogP contribution < -0.4 is 10.6 Å². The zero-order valence-electron chi connectivity index (χ0n) is 13.7. The van der Waals surface area contributed by atoms with Gasteiger partial charge in [0.2, 0.25) is 0 Å². The van der Waals surface area contributed by atoms with Gasteiger partial charge in [-0.15, -0.1) is 0 Å². The number of anilines is 1. The molecule has 21 heavy (non-hydrogen) atoms. The molecule has 2 atom stereocenters. The van der Waals surface area contributed by atoms with Gasteiger partial charge in [0, 0.05) is 30.9 Å². The Morgan fingerprint density at radius 2 is 1.95 bits per heavy atom. The molecule has 2 saturated heterocycles. The van der Waals surface area contributed by atoms with Crippen molar-refractivity contribution in [2.75, 3.05) is 25.0 Å². The largest absolute Gasteiger partial charge is 0.365 e. The first-order chi connectivity index (χ1) is 10.1. The van der Waals surface area contributed by atoms with Gasteiger partial charge in [0.15, 0.2) is 0 Å². The molecule has 0 radical (unpaired) electrons. The number of benzene rings is 1. The van der Waals surface area contributed by atoms with Crippen LogP contribution in [0.5, 0.6) is 0 Å². The van der Waals surface area contributed by atoms with Gasteiger partial charge in [0.1, 0.15) is 0 Å². The molecule has 0 saturated carbocycles. The van der Waals surface area contributed by atoms with Crippen molar-refractivity contribution in [1.29, 1.82) is 0 Å². The molecule has 3 heteroatoms. The summed E-state index contributed by atoms with van der Waals surface area (Å²) < 4.78 is 0. The molecule has 3 nitrogen and oxygen atoms in total. The predicted octanol–water partition coefficient (Wildman–Crippen LogP) is 2.78. The first-order valence-electron chi connectivity index (χ1n) is 8.36. The number of nitrogens with two attached hydrogens (primary N) is 1. The lowest BCUT2D eigenvalue weighted by atomic mass is 9.81. The number of piperidine rings is 1. The Kier molecular flexibility index (Phi) is 3.98. The van der Waals surface area contributed by atoms with E-state index >= 15 is 0 Å². The van der Waals surface area contributed by atoms with E-state index in [9.17, 15) is 0 Å². The number of hydrogen-bond donors (Lipinski definition) is 1. The zero-order valence-corrected chi connectivity index (χ0v) is 13.7.